The zero-order chi connectivity index (χ0) is 18.7. The lowest BCUT2D eigenvalue weighted by Crippen LogP contribution is -3.06. The Morgan fingerprint density at radius 2 is 1.76 bits per heavy atom. The predicted octanol–water partition coefficient (Wildman–Crippen LogP) is 1.97. The molecule has 0 saturated carbocycles. The molecule has 1 fully saturated rings. The highest BCUT2D eigenvalue weighted by atomic mass is 32.1. The number of carbonyl (C=O) groups excluding carboxylic acids is 1. The fraction of sp³-hybridized carbons (Fsp3) is 0.579. The Morgan fingerprint density at radius 1 is 1.20 bits per heavy atom. The minimum Gasteiger partial charge on any atom is -0.469 e. The fourth-order valence-corrected chi connectivity index (χ4v) is 4.20. The Labute approximate surface area is 155 Å². The van der Waals surface area contributed by atoms with Gasteiger partial charge in [-0.05, 0) is 57.6 Å². The van der Waals surface area contributed by atoms with Gasteiger partial charge in [0.25, 0.3) is 0 Å². The van der Waals surface area contributed by atoms with Gasteiger partial charge in [0.1, 0.15) is 0 Å². The maximum absolute atomic E-state index is 11.3. The number of ether oxygens (including phenoxy) is 1. The van der Waals surface area contributed by atoms with E-state index in [2.05, 4.69) is 48.4 Å². The van der Waals surface area contributed by atoms with E-state index in [1.54, 1.807) is 0 Å². The molecule has 1 aromatic rings. The fourth-order valence-electron chi connectivity index (χ4n) is 3.92. The lowest BCUT2D eigenvalue weighted by atomic mass is 9.80. The number of thiocarbonyl (C=S) groups is 1. The molecule has 0 radical (unpaired) electrons. The van der Waals surface area contributed by atoms with Crippen molar-refractivity contribution in [1.82, 2.24) is 5.32 Å². The van der Waals surface area contributed by atoms with Gasteiger partial charge in [-0.25, -0.2) is 0 Å². The molecule has 0 spiro atoms. The summed E-state index contributed by atoms with van der Waals surface area (Å²) < 4.78 is 4.68. The number of hydrogen-bond donors (Lipinski definition) is 3. The summed E-state index contributed by atoms with van der Waals surface area (Å²) in [6.07, 6.45) is 2.41. The number of rotatable bonds is 4. The molecule has 5 nitrogen and oxygen atoms in total. The van der Waals surface area contributed by atoms with E-state index in [4.69, 9.17) is 12.2 Å². The molecular weight excluding hydrogens is 334 g/mol. The lowest BCUT2D eigenvalue weighted by Gasteiger charge is -2.43. The lowest BCUT2D eigenvalue weighted by molar-refractivity contribution is -0.787. The van der Waals surface area contributed by atoms with E-state index >= 15 is 0 Å². The van der Waals surface area contributed by atoms with E-state index in [9.17, 15) is 4.79 Å². The SMILES string of the molecule is COC(=O)Cc1ccc(NC(=S)NC2CC(C)(C)[NH2+]C(C)(C)C2)cc1. The summed E-state index contributed by atoms with van der Waals surface area (Å²) >= 11 is 5.48. The molecule has 0 amide bonds. The van der Waals surface area contributed by atoms with Gasteiger partial charge in [0.05, 0.1) is 24.6 Å². The van der Waals surface area contributed by atoms with E-state index < -0.39 is 0 Å². The predicted molar refractivity (Wildman–Crippen MR) is 105 cm³/mol. The molecule has 2 rings (SSSR count). The van der Waals surface area contributed by atoms with Crippen LogP contribution >= 0.6 is 12.2 Å². The number of carbonyl (C=O) groups is 1. The second-order valence-electron chi connectivity index (χ2n) is 8.27. The molecule has 0 unspecified atom stereocenters. The van der Waals surface area contributed by atoms with Crippen LogP contribution in [0.25, 0.3) is 0 Å². The van der Waals surface area contributed by atoms with Crippen LogP contribution in [0, 0.1) is 0 Å². The number of nitrogens with two attached hydrogens (primary N) is 1. The van der Waals surface area contributed by atoms with Crippen molar-refractivity contribution in [2.45, 2.75) is 64.1 Å². The zero-order valence-corrected chi connectivity index (χ0v) is 16.6. The minimum absolute atomic E-state index is 0.199. The van der Waals surface area contributed by atoms with Crippen LogP contribution < -0.4 is 16.0 Å². The first-order valence-corrected chi connectivity index (χ1v) is 9.10. The topological polar surface area (TPSA) is 67.0 Å². The molecule has 138 valence electrons. The van der Waals surface area contributed by atoms with Gasteiger partial charge >= 0.3 is 5.97 Å². The summed E-state index contributed by atoms with van der Waals surface area (Å²) in [6.45, 7) is 9.11. The van der Waals surface area contributed by atoms with Crippen molar-refractivity contribution < 1.29 is 14.8 Å². The van der Waals surface area contributed by atoms with E-state index in [-0.39, 0.29) is 23.5 Å². The van der Waals surface area contributed by atoms with E-state index in [0.29, 0.717) is 11.2 Å². The van der Waals surface area contributed by atoms with Gasteiger partial charge in [-0.3, -0.25) is 4.79 Å². The van der Waals surface area contributed by atoms with E-state index in [1.807, 2.05) is 24.3 Å². The van der Waals surface area contributed by atoms with Crippen molar-refractivity contribution in [2.24, 2.45) is 0 Å². The molecule has 25 heavy (non-hydrogen) atoms. The first-order valence-electron chi connectivity index (χ1n) is 8.69. The average molecular weight is 365 g/mol. The molecule has 1 aliphatic rings. The summed E-state index contributed by atoms with van der Waals surface area (Å²) in [6, 6.07) is 8.02. The normalized spacial score (nSPS) is 19.1. The molecular formula is C19H30N3O2S+. The highest BCUT2D eigenvalue weighted by Crippen LogP contribution is 2.22. The van der Waals surface area contributed by atoms with Crippen LogP contribution in [0.2, 0.25) is 0 Å². The molecule has 1 aliphatic heterocycles. The Bertz CT molecular complexity index is 610. The highest BCUT2D eigenvalue weighted by Gasteiger charge is 2.41. The molecule has 0 bridgehead atoms. The number of esters is 1. The van der Waals surface area contributed by atoms with Crippen molar-refractivity contribution >= 4 is 29.0 Å². The van der Waals surface area contributed by atoms with Crippen molar-refractivity contribution in [1.29, 1.82) is 0 Å². The molecule has 1 saturated heterocycles. The number of piperidine rings is 1. The van der Waals surface area contributed by atoms with Gasteiger partial charge in [-0.2, -0.15) is 0 Å². The minimum atomic E-state index is -0.239. The maximum atomic E-state index is 11.3. The van der Waals surface area contributed by atoms with Gasteiger partial charge in [-0.1, -0.05) is 12.1 Å². The van der Waals surface area contributed by atoms with Crippen LogP contribution in [0.1, 0.15) is 46.1 Å². The Balaban J connectivity index is 1.90. The quantitative estimate of drug-likeness (QED) is 0.563. The van der Waals surface area contributed by atoms with Crippen LogP contribution in [-0.4, -0.2) is 35.3 Å². The second-order valence-corrected chi connectivity index (χ2v) is 8.68. The largest absolute Gasteiger partial charge is 0.469 e. The molecule has 1 heterocycles. The first-order chi connectivity index (χ1) is 11.6. The van der Waals surface area contributed by atoms with Crippen molar-refractivity contribution in [3.63, 3.8) is 0 Å². The molecule has 0 atom stereocenters. The van der Waals surface area contributed by atoms with Crippen molar-refractivity contribution in [3.8, 4) is 0 Å². The third-order valence-corrected chi connectivity index (χ3v) is 4.67. The van der Waals surface area contributed by atoms with Gasteiger partial charge < -0.3 is 20.7 Å². The summed E-state index contributed by atoms with van der Waals surface area (Å²) in [5, 5.41) is 9.78. The number of methoxy groups -OCH3 is 1. The molecule has 6 heteroatoms. The van der Waals surface area contributed by atoms with Crippen LogP contribution in [0.4, 0.5) is 5.69 Å². The second kappa shape index (κ2) is 7.70. The average Bonchev–Trinajstić information content (AvgIpc) is 2.45. The molecule has 1 aromatic carbocycles. The number of anilines is 1. The molecule has 0 aliphatic carbocycles. The number of nitrogens with one attached hydrogen (secondary N) is 2. The highest BCUT2D eigenvalue weighted by molar-refractivity contribution is 7.80. The van der Waals surface area contributed by atoms with Crippen LogP contribution in [-0.2, 0) is 16.0 Å². The number of benzene rings is 1. The Hall–Kier alpha value is -1.66. The third-order valence-electron chi connectivity index (χ3n) is 4.45. The summed E-state index contributed by atoms with van der Waals surface area (Å²) in [5.41, 5.74) is 2.23. The zero-order valence-electron chi connectivity index (χ0n) is 15.8. The Morgan fingerprint density at radius 3 is 2.28 bits per heavy atom. The van der Waals surface area contributed by atoms with Crippen LogP contribution in [0.3, 0.4) is 0 Å². The summed E-state index contributed by atoms with van der Waals surface area (Å²) in [7, 11) is 1.40. The third kappa shape index (κ3) is 6.29. The number of hydrogen-bond acceptors (Lipinski definition) is 3. The molecule has 4 N–H and O–H groups in total. The van der Waals surface area contributed by atoms with Gasteiger partial charge in [0.15, 0.2) is 5.11 Å². The monoisotopic (exact) mass is 364 g/mol. The Kier molecular flexibility index (Phi) is 6.06. The van der Waals surface area contributed by atoms with Crippen molar-refractivity contribution in [3.05, 3.63) is 29.8 Å². The standard InChI is InChI=1S/C19H29N3O2S/c1-18(2)11-15(12-19(3,4)22-18)21-17(25)20-14-8-6-13(7-9-14)10-16(23)24-5/h6-9,15,22H,10-12H2,1-5H3,(H2,20,21,25)/p+1. The number of quaternary nitrogens is 1. The summed E-state index contributed by atoms with van der Waals surface area (Å²) in [4.78, 5) is 11.3. The van der Waals surface area contributed by atoms with Crippen LogP contribution in [0.5, 0.6) is 0 Å². The summed E-state index contributed by atoms with van der Waals surface area (Å²) in [5.74, 6) is -0.239. The van der Waals surface area contributed by atoms with Crippen molar-refractivity contribution in [2.75, 3.05) is 12.4 Å². The molecule has 0 aromatic heterocycles. The first kappa shape index (κ1) is 19.7. The van der Waals surface area contributed by atoms with E-state index in [1.165, 1.54) is 7.11 Å². The van der Waals surface area contributed by atoms with Gasteiger partial charge in [0, 0.05) is 24.6 Å². The maximum Gasteiger partial charge on any atom is 0.309 e. The van der Waals surface area contributed by atoms with Gasteiger partial charge in [-0.15, -0.1) is 0 Å². The van der Waals surface area contributed by atoms with E-state index in [0.717, 1.165) is 24.1 Å². The van der Waals surface area contributed by atoms with Crippen LogP contribution in [0.15, 0.2) is 24.3 Å². The van der Waals surface area contributed by atoms with Gasteiger partial charge in [0.2, 0.25) is 0 Å². The smallest absolute Gasteiger partial charge is 0.309 e.